The minimum absolute atomic E-state index is 0.191. The molecule has 0 spiro atoms. The van der Waals surface area contributed by atoms with Crippen molar-refractivity contribution in [1.29, 1.82) is 0 Å². The van der Waals surface area contributed by atoms with E-state index in [1.165, 1.54) is 35.6 Å². The Kier molecular flexibility index (Phi) is 5.86. The first kappa shape index (κ1) is 19.4. The van der Waals surface area contributed by atoms with Gasteiger partial charge < -0.3 is 4.57 Å². The van der Waals surface area contributed by atoms with Crippen LogP contribution in [0, 0.1) is 5.82 Å². The monoisotopic (exact) mass is 406 g/mol. The Morgan fingerprint density at radius 3 is 2.63 bits per heavy atom. The fraction of sp³-hybridized carbons (Fsp3) is 0.263. The maximum absolute atomic E-state index is 13.5. The number of rotatable bonds is 6. The Morgan fingerprint density at radius 1 is 1.19 bits per heavy atom. The van der Waals surface area contributed by atoms with Crippen LogP contribution in [0.4, 0.5) is 4.39 Å². The second-order valence-electron chi connectivity index (χ2n) is 6.04. The lowest BCUT2D eigenvalue weighted by Gasteiger charge is -2.03. The summed E-state index contributed by atoms with van der Waals surface area (Å²) in [5.74, 6) is -1.15. The number of aryl methyl sites for hydroxylation is 1. The van der Waals surface area contributed by atoms with Crippen LogP contribution in [0.5, 0.6) is 0 Å². The molecule has 0 radical (unpaired) electrons. The van der Waals surface area contributed by atoms with Crippen molar-refractivity contribution in [2.24, 2.45) is 4.99 Å². The third-order valence-electron chi connectivity index (χ3n) is 4.00. The lowest BCUT2D eigenvalue weighted by atomic mass is 10.3. The summed E-state index contributed by atoms with van der Waals surface area (Å²) in [6.45, 7) is 2.64. The lowest BCUT2D eigenvalue weighted by molar-refractivity contribution is -0.117. The largest absolute Gasteiger partial charge is 0.316 e. The van der Waals surface area contributed by atoms with Gasteiger partial charge in [0.25, 0.3) is 0 Å². The number of amides is 1. The number of fused-ring (bicyclic) bond motifs is 1. The highest BCUT2D eigenvalue weighted by molar-refractivity contribution is 7.91. The van der Waals surface area contributed by atoms with E-state index in [9.17, 15) is 17.6 Å². The van der Waals surface area contributed by atoms with E-state index in [4.69, 9.17) is 0 Å². The summed E-state index contributed by atoms with van der Waals surface area (Å²) in [6.07, 6.45) is 0.624. The summed E-state index contributed by atoms with van der Waals surface area (Å²) >= 11 is 1.22. The number of hydrogen-bond donors (Lipinski definition) is 0. The van der Waals surface area contributed by atoms with E-state index in [-0.39, 0.29) is 22.9 Å². The summed E-state index contributed by atoms with van der Waals surface area (Å²) in [7, 11) is -3.53. The van der Waals surface area contributed by atoms with Crippen molar-refractivity contribution < 1.29 is 17.6 Å². The maximum Gasteiger partial charge on any atom is 0.249 e. The topological polar surface area (TPSA) is 68.5 Å². The van der Waals surface area contributed by atoms with Crippen LogP contribution in [0.1, 0.15) is 19.8 Å². The highest BCUT2D eigenvalue weighted by atomic mass is 32.2. The summed E-state index contributed by atoms with van der Waals surface area (Å²) in [5, 5.41) is 0. The van der Waals surface area contributed by atoms with Gasteiger partial charge >= 0.3 is 0 Å². The molecule has 0 fully saturated rings. The third-order valence-corrected chi connectivity index (χ3v) is 6.77. The van der Waals surface area contributed by atoms with Gasteiger partial charge in [-0.2, -0.15) is 4.99 Å². The van der Waals surface area contributed by atoms with Gasteiger partial charge in [-0.15, -0.1) is 0 Å². The van der Waals surface area contributed by atoms with E-state index in [2.05, 4.69) is 4.99 Å². The van der Waals surface area contributed by atoms with E-state index in [1.807, 2.05) is 11.5 Å². The molecule has 0 bridgehead atoms. The molecule has 0 atom stereocenters. The molecule has 3 aromatic rings. The van der Waals surface area contributed by atoms with Crippen molar-refractivity contribution in [3.05, 3.63) is 59.1 Å². The number of aromatic nitrogens is 1. The van der Waals surface area contributed by atoms with Crippen LogP contribution < -0.4 is 4.80 Å². The Bertz CT molecular complexity index is 1130. The van der Waals surface area contributed by atoms with Crippen LogP contribution in [-0.4, -0.2) is 24.6 Å². The number of halogens is 1. The van der Waals surface area contributed by atoms with Gasteiger partial charge in [0.05, 0.1) is 20.9 Å². The van der Waals surface area contributed by atoms with E-state index < -0.39 is 15.7 Å². The fourth-order valence-corrected chi connectivity index (χ4v) is 5.05. The second kappa shape index (κ2) is 8.14. The van der Waals surface area contributed by atoms with Crippen LogP contribution in [-0.2, 0) is 21.2 Å². The van der Waals surface area contributed by atoms with Gasteiger partial charge in [0.2, 0.25) is 5.91 Å². The van der Waals surface area contributed by atoms with E-state index in [0.29, 0.717) is 16.0 Å². The van der Waals surface area contributed by atoms with Crippen molar-refractivity contribution in [1.82, 2.24) is 4.57 Å². The SMILES string of the molecule is CCCn1c(=NC(=O)CCS(=O)(=O)c2ccccc2)sc2cc(F)ccc21. The standard InChI is InChI=1S/C19H19FN2O3S2/c1-2-11-22-16-9-8-14(20)13-17(16)26-19(22)21-18(23)10-12-27(24,25)15-6-4-3-5-7-15/h3-9,13H,2,10-12H2,1H3. The van der Waals surface area contributed by atoms with Crippen molar-refractivity contribution in [2.45, 2.75) is 31.2 Å². The molecule has 5 nitrogen and oxygen atoms in total. The number of carbonyl (C=O) groups excluding carboxylic acids is 1. The molecule has 1 amide bonds. The first-order valence-corrected chi connectivity index (χ1v) is 11.0. The number of sulfone groups is 1. The van der Waals surface area contributed by atoms with Crippen molar-refractivity contribution in [3.8, 4) is 0 Å². The molecular formula is C19H19FN2O3S2. The lowest BCUT2D eigenvalue weighted by Crippen LogP contribution is -2.18. The second-order valence-corrected chi connectivity index (χ2v) is 9.15. The molecule has 1 heterocycles. The number of thiazole rings is 1. The molecule has 27 heavy (non-hydrogen) atoms. The quantitative estimate of drug-likeness (QED) is 0.629. The summed E-state index contributed by atoms with van der Waals surface area (Å²) in [6, 6.07) is 12.5. The Morgan fingerprint density at radius 2 is 1.93 bits per heavy atom. The molecule has 0 saturated heterocycles. The molecule has 3 rings (SSSR count). The zero-order valence-electron chi connectivity index (χ0n) is 14.8. The third kappa shape index (κ3) is 4.51. The average Bonchev–Trinajstić information content (AvgIpc) is 2.97. The number of benzene rings is 2. The van der Waals surface area contributed by atoms with Crippen molar-refractivity contribution in [3.63, 3.8) is 0 Å². The number of hydrogen-bond acceptors (Lipinski definition) is 4. The van der Waals surface area contributed by atoms with Crippen LogP contribution in [0.15, 0.2) is 58.4 Å². The Labute approximate surface area is 160 Å². The van der Waals surface area contributed by atoms with Crippen molar-refractivity contribution in [2.75, 3.05) is 5.75 Å². The van der Waals surface area contributed by atoms with Crippen LogP contribution in [0.3, 0.4) is 0 Å². The normalized spacial score (nSPS) is 12.6. The van der Waals surface area contributed by atoms with Gasteiger partial charge in [-0.3, -0.25) is 4.79 Å². The first-order chi connectivity index (χ1) is 12.9. The maximum atomic E-state index is 13.5. The van der Waals surface area contributed by atoms with Gasteiger partial charge in [0, 0.05) is 13.0 Å². The molecule has 0 aliphatic rings. The van der Waals surface area contributed by atoms with Gasteiger partial charge in [-0.05, 0) is 36.8 Å². The van der Waals surface area contributed by atoms with Gasteiger partial charge in [-0.1, -0.05) is 36.5 Å². The van der Waals surface area contributed by atoms with Crippen LogP contribution in [0.2, 0.25) is 0 Å². The van der Waals surface area contributed by atoms with E-state index >= 15 is 0 Å². The molecule has 0 saturated carbocycles. The minimum Gasteiger partial charge on any atom is -0.316 e. The molecule has 0 aliphatic carbocycles. The zero-order chi connectivity index (χ0) is 19.4. The van der Waals surface area contributed by atoms with E-state index in [1.54, 1.807) is 24.3 Å². The number of carbonyl (C=O) groups is 1. The Balaban J connectivity index is 1.86. The molecule has 0 aliphatic heterocycles. The average molecular weight is 407 g/mol. The van der Waals surface area contributed by atoms with Gasteiger partial charge in [-0.25, -0.2) is 12.8 Å². The summed E-state index contributed by atoms with van der Waals surface area (Å²) < 4.78 is 40.6. The molecule has 2 aromatic carbocycles. The molecule has 0 N–H and O–H groups in total. The molecule has 0 unspecified atom stereocenters. The molecule has 1 aromatic heterocycles. The van der Waals surface area contributed by atoms with Crippen molar-refractivity contribution >= 4 is 37.3 Å². The highest BCUT2D eigenvalue weighted by Gasteiger charge is 2.16. The van der Waals surface area contributed by atoms with Gasteiger partial charge in [0.15, 0.2) is 14.6 Å². The fourth-order valence-electron chi connectivity index (χ4n) is 2.70. The molecule has 8 heteroatoms. The molecule has 142 valence electrons. The zero-order valence-corrected chi connectivity index (χ0v) is 16.4. The van der Waals surface area contributed by atoms with Crippen LogP contribution >= 0.6 is 11.3 Å². The predicted octanol–water partition coefficient (Wildman–Crippen LogP) is 3.54. The number of nitrogens with zero attached hydrogens (tertiary/aromatic N) is 2. The van der Waals surface area contributed by atoms with Gasteiger partial charge in [0.1, 0.15) is 5.82 Å². The summed E-state index contributed by atoms with van der Waals surface area (Å²) in [4.78, 5) is 17.0. The summed E-state index contributed by atoms with van der Waals surface area (Å²) in [5.41, 5.74) is 0.812. The molecular weight excluding hydrogens is 387 g/mol. The first-order valence-electron chi connectivity index (χ1n) is 8.55. The smallest absolute Gasteiger partial charge is 0.249 e. The minimum atomic E-state index is -3.53. The van der Waals surface area contributed by atoms with Crippen LogP contribution in [0.25, 0.3) is 10.2 Å². The van der Waals surface area contributed by atoms with E-state index in [0.717, 1.165) is 11.9 Å². The Hall–Kier alpha value is -2.32. The predicted molar refractivity (Wildman–Crippen MR) is 104 cm³/mol. The highest BCUT2D eigenvalue weighted by Crippen LogP contribution is 2.19.